The van der Waals surface area contributed by atoms with Gasteiger partial charge in [0.1, 0.15) is 5.82 Å². The number of carbonyl (C=O) groups excluding carboxylic acids is 1. The van der Waals surface area contributed by atoms with Crippen LogP contribution in [-0.4, -0.2) is 29.7 Å². The number of rotatable bonds is 4. The third-order valence-corrected chi connectivity index (χ3v) is 1.86. The van der Waals surface area contributed by atoms with E-state index in [1.54, 1.807) is 26.1 Å². The monoisotopic (exact) mass is 218 g/mol. The molecule has 1 aromatic heterocycles. The zero-order valence-electron chi connectivity index (χ0n) is 9.37. The highest BCUT2D eigenvalue weighted by Gasteiger charge is 2.04. The van der Waals surface area contributed by atoms with Crippen LogP contribution in [0.1, 0.15) is 23.8 Å². The summed E-state index contributed by atoms with van der Waals surface area (Å²) in [5.74, 6) is 6.14. The third-order valence-electron chi connectivity index (χ3n) is 1.86. The minimum absolute atomic E-state index is 0.240. The smallest absolute Gasteiger partial charge is 0.271 e. The van der Waals surface area contributed by atoms with Crippen molar-refractivity contribution in [3.8, 4) is 11.8 Å². The Balaban J connectivity index is 2.50. The van der Waals surface area contributed by atoms with Crippen LogP contribution in [0, 0.1) is 11.8 Å². The zero-order chi connectivity index (χ0) is 11.8. The van der Waals surface area contributed by atoms with E-state index < -0.39 is 0 Å². The SMILES string of the molecule is CC#CCCNc1ccc(C(=O)NC)nn1. The molecule has 2 N–H and O–H groups in total. The van der Waals surface area contributed by atoms with Crippen LogP contribution in [-0.2, 0) is 0 Å². The molecule has 0 radical (unpaired) electrons. The number of carbonyl (C=O) groups is 1. The Hall–Kier alpha value is -2.09. The molecule has 0 unspecified atom stereocenters. The maximum atomic E-state index is 11.2. The molecule has 0 atom stereocenters. The molecule has 1 heterocycles. The van der Waals surface area contributed by atoms with E-state index in [-0.39, 0.29) is 5.91 Å². The Kier molecular flexibility index (Phi) is 4.80. The van der Waals surface area contributed by atoms with E-state index in [4.69, 9.17) is 0 Å². The van der Waals surface area contributed by atoms with Crippen LogP contribution in [0.5, 0.6) is 0 Å². The minimum Gasteiger partial charge on any atom is -0.368 e. The van der Waals surface area contributed by atoms with E-state index in [1.165, 1.54) is 0 Å². The predicted octanol–water partition coefficient (Wildman–Crippen LogP) is 0.661. The van der Waals surface area contributed by atoms with E-state index in [9.17, 15) is 4.79 Å². The molecule has 0 spiro atoms. The molecule has 5 heteroatoms. The average molecular weight is 218 g/mol. The third kappa shape index (κ3) is 3.58. The van der Waals surface area contributed by atoms with Crippen LogP contribution >= 0.6 is 0 Å². The van der Waals surface area contributed by atoms with Crippen molar-refractivity contribution < 1.29 is 4.79 Å². The highest BCUT2D eigenvalue weighted by atomic mass is 16.1. The summed E-state index contributed by atoms with van der Waals surface area (Å²) in [5, 5.41) is 13.2. The van der Waals surface area contributed by atoms with Gasteiger partial charge in [-0.2, -0.15) is 0 Å². The zero-order valence-corrected chi connectivity index (χ0v) is 9.37. The maximum absolute atomic E-state index is 11.2. The molecule has 0 aromatic carbocycles. The number of hydrogen-bond donors (Lipinski definition) is 2. The van der Waals surface area contributed by atoms with Crippen molar-refractivity contribution in [2.75, 3.05) is 18.9 Å². The number of nitrogens with zero attached hydrogens (tertiary/aromatic N) is 2. The van der Waals surface area contributed by atoms with Gasteiger partial charge in [-0.3, -0.25) is 4.79 Å². The summed E-state index contributed by atoms with van der Waals surface area (Å²) >= 11 is 0. The highest BCUT2D eigenvalue weighted by Crippen LogP contribution is 2.01. The topological polar surface area (TPSA) is 66.9 Å². The first kappa shape index (κ1) is 12.0. The van der Waals surface area contributed by atoms with E-state index in [1.807, 2.05) is 0 Å². The summed E-state index contributed by atoms with van der Waals surface area (Å²) in [7, 11) is 1.56. The van der Waals surface area contributed by atoms with Crippen molar-refractivity contribution in [2.24, 2.45) is 0 Å². The van der Waals surface area contributed by atoms with Crippen molar-refractivity contribution in [3.63, 3.8) is 0 Å². The molecule has 1 rings (SSSR count). The van der Waals surface area contributed by atoms with Crippen molar-refractivity contribution in [2.45, 2.75) is 13.3 Å². The number of hydrogen-bond acceptors (Lipinski definition) is 4. The molecule has 16 heavy (non-hydrogen) atoms. The van der Waals surface area contributed by atoms with E-state index in [0.29, 0.717) is 11.5 Å². The molecule has 1 amide bonds. The van der Waals surface area contributed by atoms with Gasteiger partial charge >= 0.3 is 0 Å². The van der Waals surface area contributed by atoms with Gasteiger partial charge in [0.05, 0.1) is 0 Å². The van der Waals surface area contributed by atoms with Crippen molar-refractivity contribution in [1.82, 2.24) is 15.5 Å². The fraction of sp³-hybridized carbons (Fsp3) is 0.364. The van der Waals surface area contributed by atoms with Gasteiger partial charge in [0.15, 0.2) is 5.69 Å². The Morgan fingerprint density at radius 2 is 2.25 bits per heavy atom. The summed E-state index contributed by atoms with van der Waals surface area (Å²) in [4.78, 5) is 11.2. The first-order chi connectivity index (χ1) is 7.77. The average Bonchev–Trinajstić information content (AvgIpc) is 2.34. The molecule has 0 aliphatic carbocycles. The van der Waals surface area contributed by atoms with E-state index in [2.05, 4.69) is 32.7 Å². The van der Waals surface area contributed by atoms with Crippen LogP contribution in [0.2, 0.25) is 0 Å². The van der Waals surface area contributed by atoms with E-state index >= 15 is 0 Å². The fourth-order valence-electron chi connectivity index (χ4n) is 1.05. The Labute approximate surface area is 94.7 Å². The molecule has 1 aromatic rings. The van der Waals surface area contributed by atoms with Crippen molar-refractivity contribution >= 4 is 11.7 Å². The second kappa shape index (κ2) is 6.40. The van der Waals surface area contributed by atoms with Gasteiger partial charge < -0.3 is 10.6 Å². The van der Waals surface area contributed by atoms with Gasteiger partial charge in [0, 0.05) is 20.0 Å². The van der Waals surface area contributed by atoms with Crippen LogP contribution in [0.25, 0.3) is 0 Å². The predicted molar refractivity (Wildman–Crippen MR) is 62.0 cm³/mol. The Bertz CT molecular complexity index is 402. The fourth-order valence-corrected chi connectivity index (χ4v) is 1.05. The normalized spacial score (nSPS) is 8.88. The van der Waals surface area contributed by atoms with Crippen molar-refractivity contribution in [1.29, 1.82) is 0 Å². The van der Waals surface area contributed by atoms with Crippen LogP contribution < -0.4 is 10.6 Å². The van der Waals surface area contributed by atoms with Gasteiger partial charge in [-0.15, -0.1) is 22.0 Å². The number of amides is 1. The lowest BCUT2D eigenvalue weighted by molar-refractivity contribution is 0.0957. The second-order valence-electron chi connectivity index (χ2n) is 2.99. The van der Waals surface area contributed by atoms with Crippen LogP contribution in [0.4, 0.5) is 5.82 Å². The summed E-state index contributed by atoms with van der Waals surface area (Å²) in [6.45, 7) is 2.52. The molecule has 0 fully saturated rings. The lowest BCUT2D eigenvalue weighted by atomic mass is 10.3. The van der Waals surface area contributed by atoms with Gasteiger partial charge in [0.2, 0.25) is 0 Å². The first-order valence-electron chi connectivity index (χ1n) is 4.97. The molecule has 0 aliphatic heterocycles. The molecular weight excluding hydrogens is 204 g/mol. The molecule has 0 aliphatic rings. The maximum Gasteiger partial charge on any atom is 0.271 e. The van der Waals surface area contributed by atoms with Gasteiger partial charge in [-0.25, -0.2) is 0 Å². The molecular formula is C11H14N4O. The van der Waals surface area contributed by atoms with Crippen LogP contribution in [0.3, 0.4) is 0 Å². The molecule has 5 nitrogen and oxygen atoms in total. The summed E-state index contributed by atoms with van der Waals surface area (Å²) in [5.41, 5.74) is 0.307. The number of aromatic nitrogens is 2. The quantitative estimate of drug-likeness (QED) is 0.575. The lowest BCUT2D eigenvalue weighted by Crippen LogP contribution is -2.19. The first-order valence-corrected chi connectivity index (χ1v) is 4.97. The highest BCUT2D eigenvalue weighted by molar-refractivity contribution is 5.91. The minimum atomic E-state index is -0.240. The van der Waals surface area contributed by atoms with Crippen LogP contribution in [0.15, 0.2) is 12.1 Å². The summed E-state index contributed by atoms with van der Waals surface area (Å²) in [6, 6.07) is 3.34. The second-order valence-corrected chi connectivity index (χ2v) is 2.99. The Morgan fingerprint density at radius 3 is 2.81 bits per heavy atom. The van der Waals surface area contributed by atoms with Gasteiger partial charge in [-0.05, 0) is 19.1 Å². The van der Waals surface area contributed by atoms with Gasteiger partial charge in [-0.1, -0.05) is 0 Å². The molecule has 0 bridgehead atoms. The molecule has 0 saturated heterocycles. The molecule has 0 saturated carbocycles. The standard InChI is InChI=1S/C11H14N4O/c1-3-4-5-8-13-10-7-6-9(14-15-10)11(16)12-2/h6-7H,5,8H2,1-2H3,(H,12,16)(H,13,15). The summed E-state index contributed by atoms with van der Waals surface area (Å²) in [6.07, 6.45) is 0.759. The van der Waals surface area contributed by atoms with E-state index in [0.717, 1.165) is 13.0 Å². The lowest BCUT2D eigenvalue weighted by Gasteiger charge is -2.02. The summed E-state index contributed by atoms with van der Waals surface area (Å²) < 4.78 is 0. The molecule has 84 valence electrons. The largest absolute Gasteiger partial charge is 0.368 e. The number of nitrogens with one attached hydrogen (secondary N) is 2. The van der Waals surface area contributed by atoms with Crippen molar-refractivity contribution in [3.05, 3.63) is 17.8 Å². The van der Waals surface area contributed by atoms with Gasteiger partial charge in [0.25, 0.3) is 5.91 Å². The number of anilines is 1. The Morgan fingerprint density at radius 1 is 1.44 bits per heavy atom.